The average Bonchev–Trinajstić information content (AvgIpc) is 3.20. The smallest absolute Gasteiger partial charge is 0.0417 e. The molecule has 30 heavy (non-hydrogen) atoms. The second-order valence-corrected chi connectivity index (χ2v) is 10.2. The van der Waals surface area contributed by atoms with Crippen molar-refractivity contribution < 1.29 is 0 Å². The standard InChI is InChI=1S/C28H29NP/c1-21-13-8-10-18-25(21)30(26-19-11-9-14-22(26)2)27-20-12-17-24(27)28(29(3)4)23-15-6-5-7-16-23/h5-20,28H,1-4H3/t28-/m1/s1. The molecule has 0 unspecified atom stereocenters. The third-order valence-electron chi connectivity index (χ3n) is 5.71. The molecule has 0 amide bonds. The minimum atomic E-state index is -0.646. The van der Waals surface area contributed by atoms with Crippen molar-refractivity contribution in [2.24, 2.45) is 0 Å². The molecule has 1 nitrogen and oxygen atoms in total. The van der Waals surface area contributed by atoms with Crippen LogP contribution >= 0.6 is 7.92 Å². The van der Waals surface area contributed by atoms with E-state index in [4.69, 9.17) is 0 Å². The second kappa shape index (κ2) is 9.46. The molecule has 0 spiro atoms. The summed E-state index contributed by atoms with van der Waals surface area (Å²) < 4.78 is 0. The quantitative estimate of drug-likeness (QED) is 0.466. The predicted octanol–water partition coefficient (Wildman–Crippen LogP) is 5.77. The highest BCUT2D eigenvalue weighted by Gasteiger charge is 2.43. The molecule has 0 bridgehead atoms. The molecule has 2 heteroatoms. The second-order valence-electron chi connectivity index (χ2n) is 8.05. The molecule has 1 atom stereocenters. The van der Waals surface area contributed by atoms with Crippen molar-refractivity contribution in [2.75, 3.05) is 14.1 Å². The van der Waals surface area contributed by atoms with Crippen molar-refractivity contribution in [3.8, 4) is 0 Å². The molecular formula is C28H29NP. The molecule has 0 aliphatic heterocycles. The average molecular weight is 411 g/mol. The largest absolute Gasteiger partial charge is 0.302 e. The number of hydrogen-bond acceptors (Lipinski definition) is 1. The van der Waals surface area contributed by atoms with E-state index in [9.17, 15) is 0 Å². The first-order chi connectivity index (χ1) is 14.6. The highest BCUT2D eigenvalue weighted by atomic mass is 31.1. The number of nitrogens with zero attached hydrogens (tertiary/aromatic N) is 1. The van der Waals surface area contributed by atoms with Gasteiger partial charge < -0.3 is 4.90 Å². The van der Waals surface area contributed by atoms with E-state index >= 15 is 0 Å². The Morgan fingerprint density at radius 2 is 1.20 bits per heavy atom. The fourth-order valence-electron chi connectivity index (χ4n) is 4.27. The Kier molecular flexibility index (Phi) is 6.71. The highest BCUT2D eigenvalue weighted by Crippen LogP contribution is 2.60. The monoisotopic (exact) mass is 410 g/mol. The maximum absolute atomic E-state index is 2.35. The first-order valence-corrected chi connectivity index (χ1v) is 11.8. The summed E-state index contributed by atoms with van der Waals surface area (Å²) in [5.74, 6) is 1.41. The van der Waals surface area contributed by atoms with E-state index in [-0.39, 0.29) is 6.04 Å². The number of hydrogen-bond donors (Lipinski definition) is 0. The molecule has 1 saturated carbocycles. The van der Waals surface area contributed by atoms with Gasteiger partial charge in [0, 0.05) is 17.6 Å². The van der Waals surface area contributed by atoms with E-state index in [0.717, 1.165) is 0 Å². The van der Waals surface area contributed by atoms with Crippen LogP contribution in [0.15, 0.2) is 78.9 Å². The van der Waals surface area contributed by atoms with Gasteiger partial charge in [0.05, 0.1) is 0 Å². The number of benzene rings is 3. The Hall–Kier alpha value is -1.95. The normalized spacial score (nSPS) is 16.5. The van der Waals surface area contributed by atoms with Gasteiger partial charge in [-0.05, 0) is 82.4 Å². The molecule has 1 aliphatic carbocycles. The van der Waals surface area contributed by atoms with Crippen molar-refractivity contribution in [2.45, 2.75) is 19.9 Å². The molecule has 3 aromatic carbocycles. The number of rotatable bonds is 6. The molecule has 0 aromatic heterocycles. The van der Waals surface area contributed by atoms with Crippen LogP contribution in [0.3, 0.4) is 0 Å². The Morgan fingerprint density at radius 1 is 0.667 bits per heavy atom. The van der Waals surface area contributed by atoms with Crippen LogP contribution in [0.1, 0.15) is 22.7 Å². The number of aryl methyl sites for hydroxylation is 2. The van der Waals surface area contributed by atoms with Gasteiger partial charge in [-0.3, -0.25) is 0 Å². The molecular weight excluding hydrogens is 381 g/mol. The third-order valence-corrected chi connectivity index (χ3v) is 8.56. The fraction of sp³-hybridized carbons (Fsp3) is 0.179. The third kappa shape index (κ3) is 4.25. The molecule has 0 N–H and O–H groups in total. The summed E-state index contributed by atoms with van der Waals surface area (Å²) in [4.78, 5) is 2.33. The van der Waals surface area contributed by atoms with Gasteiger partial charge >= 0.3 is 0 Å². The summed E-state index contributed by atoms with van der Waals surface area (Å²) >= 11 is 0. The van der Waals surface area contributed by atoms with Crippen molar-refractivity contribution in [1.82, 2.24) is 4.90 Å². The van der Waals surface area contributed by atoms with Gasteiger partial charge in [0.25, 0.3) is 0 Å². The van der Waals surface area contributed by atoms with E-state index in [1.165, 1.54) is 38.9 Å². The summed E-state index contributed by atoms with van der Waals surface area (Å²) in [6.07, 6.45) is 6.90. The van der Waals surface area contributed by atoms with Crippen LogP contribution in [0.2, 0.25) is 0 Å². The van der Waals surface area contributed by atoms with Crippen LogP contribution in [0.25, 0.3) is 0 Å². The van der Waals surface area contributed by atoms with Gasteiger partial charge in [-0.15, -0.1) is 0 Å². The minimum Gasteiger partial charge on any atom is -0.302 e. The fourth-order valence-corrected chi connectivity index (χ4v) is 7.06. The van der Waals surface area contributed by atoms with Crippen LogP contribution in [0.5, 0.6) is 0 Å². The summed E-state index contributed by atoms with van der Waals surface area (Å²) in [6, 6.07) is 28.8. The molecule has 3 aromatic rings. The molecule has 4 rings (SSSR count). The van der Waals surface area contributed by atoms with E-state index in [1.54, 1.807) is 0 Å². The maximum atomic E-state index is 2.35. The van der Waals surface area contributed by atoms with Crippen molar-refractivity contribution >= 4 is 18.5 Å². The van der Waals surface area contributed by atoms with E-state index in [1.807, 2.05) is 0 Å². The minimum absolute atomic E-state index is 0.231. The SMILES string of the molecule is Cc1ccccc1P([C]1[CH][CH][CH][C]1[C@@H](c1ccccc1)N(C)C)c1ccccc1C. The van der Waals surface area contributed by atoms with Crippen molar-refractivity contribution in [3.05, 3.63) is 126 Å². The van der Waals surface area contributed by atoms with E-state index in [0.29, 0.717) is 0 Å². The summed E-state index contributed by atoms with van der Waals surface area (Å²) in [7, 11) is 3.71. The molecule has 0 saturated heterocycles. The van der Waals surface area contributed by atoms with Gasteiger partial charge in [-0.1, -0.05) is 78.9 Å². The van der Waals surface area contributed by atoms with E-state index < -0.39 is 7.92 Å². The molecule has 5 radical (unpaired) electrons. The molecule has 1 aliphatic rings. The van der Waals surface area contributed by atoms with Crippen LogP contribution in [-0.2, 0) is 0 Å². The van der Waals surface area contributed by atoms with Crippen LogP contribution in [0, 0.1) is 44.7 Å². The van der Waals surface area contributed by atoms with E-state index in [2.05, 4.69) is 131 Å². The highest BCUT2D eigenvalue weighted by molar-refractivity contribution is 7.76. The van der Waals surface area contributed by atoms with Crippen LogP contribution in [-0.4, -0.2) is 19.0 Å². The molecule has 1 fully saturated rings. The van der Waals surface area contributed by atoms with Gasteiger partial charge in [0.1, 0.15) is 0 Å². The predicted molar refractivity (Wildman–Crippen MR) is 131 cm³/mol. The Balaban J connectivity index is 1.82. The van der Waals surface area contributed by atoms with Gasteiger partial charge in [-0.25, -0.2) is 0 Å². The lowest BCUT2D eigenvalue weighted by Crippen LogP contribution is -2.30. The molecule has 0 heterocycles. The van der Waals surface area contributed by atoms with Crippen molar-refractivity contribution in [1.29, 1.82) is 0 Å². The Bertz CT molecular complexity index is 920. The van der Waals surface area contributed by atoms with Crippen LogP contribution < -0.4 is 10.6 Å². The maximum Gasteiger partial charge on any atom is 0.0417 e. The zero-order valence-corrected chi connectivity index (χ0v) is 19.1. The summed E-state index contributed by atoms with van der Waals surface area (Å²) in [6.45, 7) is 4.48. The zero-order valence-electron chi connectivity index (χ0n) is 18.2. The topological polar surface area (TPSA) is 3.24 Å². The van der Waals surface area contributed by atoms with Crippen LogP contribution in [0.4, 0.5) is 0 Å². The molecule has 151 valence electrons. The lowest BCUT2D eigenvalue weighted by atomic mass is 9.90. The van der Waals surface area contributed by atoms with Gasteiger partial charge in [-0.2, -0.15) is 0 Å². The Labute approximate surface area is 183 Å². The summed E-state index contributed by atoms with van der Waals surface area (Å²) in [5, 5.41) is 2.89. The summed E-state index contributed by atoms with van der Waals surface area (Å²) in [5.41, 5.74) is 5.51. The van der Waals surface area contributed by atoms with Gasteiger partial charge in [0.15, 0.2) is 0 Å². The first kappa shape index (κ1) is 21.3. The zero-order chi connectivity index (χ0) is 21.1. The van der Waals surface area contributed by atoms with Crippen molar-refractivity contribution in [3.63, 3.8) is 0 Å². The lowest BCUT2D eigenvalue weighted by Gasteiger charge is -2.37. The Morgan fingerprint density at radius 3 is 1.73 bits per heavy atom. The van der Waals surface area contributed by atoms with Gasteiger partial charge in [0.2, 0.25) is 0 Å². The first-order valence-electron chi connectivity index (χ1n) is 10.5. The lowest BCUT2D eigenvalue weighted by molar-refractivity contribution is 0.319.